The van der Waals surface area contributed by atoms with E-state index in [2.05, 4.69) is 6.07 Å². The molecule has 160 valence electrons. The zero-order valence-electron chi connectivity index (χ0n) is 17.1. The third kappa shape index (κ3) is 4.21. The zero-order valence-corrected chi connectivity index (χ0v) is 18.7. The van der Waals surface area contributed by atoms with E-state index in [9.17, 15) is 18.5 Å². The van der Waals surface area contributed by atoms with Crippen LogP contribution in [0.3, 0.4) is 0 Å². The third-order valence-corrected chi connectivity index (χ3v) is 5.64. The number of hydrogen-bond donors (Lipinski definition) is 1. The van der Waals surface area contributed by atoms with E-state index in [1.165, 1.54) is 12.1 Å². The van der Waals surface area contributed by atoms with Crippen LogP contribution in [0.15, 0.2) is 60.7 Å². The highest BCUT2D eigenvalue weighted by atomic mass is 35.5. The van der Waals surface area contributed by atoms with Crippen molar-refractivity contribution in [1.29, 1.82) is 5.26 Å². The highest BCUT2D eigenvalue weighted by Gasteiger charge is 2.18. The van der Waals surface area contributed by atoms with E-state index in [1.54, 1.807) is 16.8 Å². The molecule has 1 N–H and O–H groups in total. The summed E-state index contributed by atoms with van der Waals surface area (Å²) in [7, 11) is -3.73. The van der Waals surface area contributed by atoms with Crippen LogP contribution in [0.4, 0.5) is 0 Å². The van der Waals surface area contributed by atoms with Gasteiger partial charge in [0.05, 0.1) is 23.0 Å². The van der Waals surface area contributed by atoms with Crippen molar-refractivity contribution in [1.82, 2.24) is 14.5 Å². The molecule has 4 aromatic rings. The Hall–Kier alpha value is -3.67. The first kappa shape index (κ1) is 21.6. The molecule has 0 aliphatic heterocycles. The average molecular weight is 465 g/mol. The van der Waals surface area contributed by atoms with Crippen LogP contribution in [0.25, 0.3) is 27.8 Å². The first-order valence-electron chi connectivity index (χ1n) is 9.48. The van der Waals surface area contributed by atoms with Gasteiger partial charge in [0, 0.05) is 21.5 Å². The van der Waals surface area contributed by atoms with Gasteiger partial charge in [0.15, 0.2) is 0 Å². The van der Waals surface area contributed by atoms with Crippen molar-refractivity contribution < 1.29 is 13.2 Å². The van der Waals surface area contributed by atoms with Gasteiger partial charge < -0.3 is 0 Å². The van der Waals surface area contributed by atoms with Gasteiger partial charge in [0.2, 0.25) is 10.0 Å². The molecule has 0 saturated carbocycles. The fourth-order valence-electron chi connectivity index (χ4n) is 3.38. The number of sulfonamides is 1. The number of benzene rings is 3. The molecule has 7 nitrogen and oxygen atoms in total. The second-order valence-corrected chi connectivity index (χ2v) is 9.52. The first-order chi connectivity index (χ1) is 15.2. The largest absolute Gasteiger partial charge is 0.268 e. The number of aryl methyl sites for hydroxylation is 1. The number of aromatic nitrogens is 2. The van der Waals surface area contributed by atoms with Crippen molar-refractivity contribution in [2.75, 3.05) is 6.26 Å². The minimum absolute atomic E-state index is 0.0500. The summed E-state index contributed by atoms with van der Waals surface area (Å²) in [6.07, 6.45) is 0.887. The molecule has 0 spiro atoms. The molecule has 0 saturated heterocycles. The molecule has 0 atom stereocenters. The van der Waals surface area contributed by atoms with E-state index in [1.807, 2.05) is 48.0 Å². The predicted molar refractivity (Wildman–Crippen MR) is 123 cm³/mol. The number of carbonyl (C=O) groups excluding carboxylic acids is 1. The molecular weight excluding hydrogens is 448 g/mol. The molecule has 1 aromatic heterocycles. The molecule has 0 radical (unpaired) electrons. The monoisotopic (exact) mass is 464 g/mol. The number of rotatable bonds is 4. The van der Waals surface area contributed by atoms with Crippen LogP contribution in [0, 0.1) is 18.3 Å². The van der Waals surface area contributed by atoms with Crippen molar-refractivity contribution in [2.45, 2.75) is 6.92 Å². The summed E-state index contributed by atoms with van der Waals surface area (Å²) in [4.78, 5) is 12.2. The topological polar surface area (TPSA) is 105 Å². The van der Waals surface area contributed by atoms with E-state index in [-0.39, 0.29) is 11.1 Å². The zero-order chi connectivity index (χ0) is 23.0. The van der Waals surface area contributed by atoms with Gasteiger partial charge in [-0.3, -0.25) is 4.79 Å². The highest BCUT2D eigenvalue weighted by molar-refractivity contribution is 7.89. The summed E-state index contributed by atoms with van der Waals surface area (Å²) in [6.45, 7) is 2.00. The minimum atomic E-state index is -3.73. The maximum Gasteiger partial charge on any atom is 0.264 e. The van der Waals surface area contributed by atoms with Gasteiger partial charge in [-0.1, -0.05) is 41.4 Å². The molecular formula is C23H17ClN4O3S. The maximum atomic E-state index is 12.2. The van der Waals surface area contributed by atoms with E-state index in [0.717, 1.165) is 28.3 Å². The summed E-state index contributed by atoms with van der Waals surface area (Å²) in [6, 6.07) is 19.7. The minimum Gasteiger partial charge on any atom is -0.268 e. The Labute approximate surface area is 189 Å². The number of nitriles is 1. The number of amides is 1. The molecule has 32 heavy (non-hydrogen) atoms. The Balaban J connectivity index is 1.89. The van der Waals surface area contributed by atoms with Gasteiger partial charge in [-0.25, -0.2) is 17.8 Å². The van der Waals surface area contributed by atoms with Crippen LogP contribution in [0.2, 0.25) is 5.02 Å². The van der Waals surface area contributed by atoms with Crippen LogP contribution in [-0.4, -0.2) is 30.4 Å². The number of carbonyl (C=O) groups is 1. The lowest BCUT2D eigenvalue weighted by Gasteiger charge is -2.08. The SMILES string of the molecule is Cc1ccc(-c2nn(-c3ccc(C(=O)NS(C)(=O)=O)cc3C#N)c3ccc(Cl)cc23)cc1. The van der Waals surface area contributed by atoms with Crippen molar-refractivity contribution >= 4 is 38.4 Å². The number of halogens is 1. The molecule has 3 aromatic carbocycles. The van der Waals surface area contributed by atoms with Crippen LogP contribution in [0.5, 0.6) is 0 Å². The summed E-state index contributed by atoms with van der Waals surface area (Å²) in [5.74, 6) is -0.812. The van der Waals surface area contributed by atoms with Crippen LogP contribution in [-0.2, 0) is 10.0 Å². The molecule has 0 bridgehead atoms. The third-order valence-electron chi connectivity index (χ3n) is 4.85. The molecule has 1 heterocycles. The van der Waals surface area contributed by atoms with Gasteiger partial charge in [0.25, 0.3) is 5.91 Å². The Morgan fingerprint density at radius 2 is 1.81 bits per heavy atom. The van der Waals surface area contributed by atoms with E-state index in [0.29, 0.717) is 16.4 Å². The van der Waals surface area contributed by atoms with Crippen molar-refractivity contribution in [3.05, 3.63) is 82.4 Å². The van der Waals surface area contributed by atoms with Gasteiger partial charge >= 0.3 is 0 Å². The van der Waals surface area contributed by atoms with Crippen LogP contribution in [0.1, 0.15) is 21.5 Å². The van der Waals surface area contributed by atoms with Crippen molar-refractivity contribution in [3.8, 4) is 23.0 Å². The smallest absolute Gasteiger partial charge is 0.264 e. The molecule has 0 fully saturated rings. The molecule has 0 unspecified atom stereocenters. The lowest BCUT2D eigenvalue weighted by molar-refractivity contribution is 0.0981. The maximum absolute atomic E-state index is 12.2. The van der Waals surface area contributed by atoms with Gasteiger partial charge in [-0.05, 0) is 43.3 Å². The summed E-state index contributed by atoms with van der Waals surface area (Å²) >= 11 is 6.24. The average Bonchev–Trinajstić information content (AvgIpc) is 3.11. The van der Waals surface area contributed by atoms with Crippen LogP contribution < -0.4 is 4.72 Å². The van der Waals surface area contributed by atoms with E-state index in [4.69, 9.17) is 16.7 Å². The van der Waals surface area contributed by atoms with Gasteiger partial charge in [-0.2, -0.15) is 10.4 Å². The molecule has 0 aliphatic rings. The molecule has 9 heteroatoms. The Morgan fingerprint density at radius 3 is 2.47 bits per heavy atom. The number of fused-ring (bicyclic) bond motifs is 1. The Kier molecular flexibility index (Phi) is 5.46. The van der Waals surface area contributed by atoms with Crippen LogP contribution >= 0.6 is 11.6 Å². The van der Waals surface area contributed by atoms with E-state index < -0.39 is 15.9 Å². The lowest BCUT2D eigenvalue weighted by Crippen LogP contribution is -2.29. The molecule has 4 rings (SSSR count). The van der Waals surface area contributed by atoms with Crippen molar-refractivity contribution in [3.63, 3.8) is 0 Å². The molecule has 1 amide bonds. The first-order valence-corrected chi connectivity index (χ1v) is 11.8. The fraction of sp³-hybridized carbons (Fsp3) is 0.0870. The normalized spacial score (nSPS) is 11.3. The highest BCUT2D eigenvalue weighted by Crippen LogP contribution is 2.32. The quantitative estimate of drug-likeness (QED) is 0.487. The Bertz CT molecular complexity index is 1520. The second kappa shape index (κ2) is 8.11. The lowest BCUT2D eigenvalue weighted by atomic mass is 10.1. The van der Waals surface area contributed by atoms with Gasteiger partial charge in [0.1, 0.15) is 11.8 Å². The number of nitrogens with zero attached hydrogens (tertiary/aromatic N) is 3. The number of nitrogens with one attached hydrogen (secondary N) is 1. The van der Waals surface area contributed by atoms with Gasteiger partial charge in [-0.15, -0.1) is 0 Å². The second-order valence-electron chi connectivity index (χ2n) is 7.33. The number of hydrogen-bond acceptors (Lipinski definition) is 5. The van der Waals surface area contributed by atoms with E-state index >= 15 is 0 Å². The standard InChI is InChI=1S/C23H17ClN4O3S/c1-14-3-5-15(6-4-14)22-19-12-18(24)8-10-21(19)28(26-22)20-9-7-16(11-17(20)13-25)23(29)27-32(2,30)31/h3-12H,1-2H3,(H,27,29). The summed E-state index contributed by atoms with van der Waals surface area (Å²) < 4.78 is 26.3. The molecule has 0 aliphatic carbocycles. The fourth-order valence-corrected chi connectivity index (χ4v) is 4.00. The Morgan fingerprint density at radius 1 is 1.09 bits per heavy atom. The summed E-state index contributed by atoms with van der Waals surface area (Å²) in [5, 5.41) is 15.8. The van der Waals surface area contributed by atoms with Crippen molar-refractivity contribution in [2.24, 2.45) is 0 Å². The predicted octanol–water partition coefficient (Wildman–Crippen LogP) is 4.22. The summed E-state index contributed by atoms with van der Waals surface area (Å²) in [5.41, 5.74) is 4.11.